The first-order valence-corrected chi connectivity index (χ1v) is 11.2. The summed E-state index contributed by atoms with van der Waals surface area (Å²) in [7, 11) is -3.46. The number of aromatic nitrogens is 2. The summed E-state index contributed by atoms with van der Waals surface area (Å²) < 4.78 is 28.9. The van der Waals surface area contributed by atoms with Crippen molar-refractivity contribution in [1.82, 2.24) is 19.2 Å². The van der Waals surface area contributed by atoms with Crippen LogP contribution in [0.3, 0.4) is 0 Å². The summed E-state index contributed by atoms with van der Waals surface area (Å²) >= 11 is 0. The maximum absolute atomic E-state index is 12.7. The zero-order chi connectivity index (χ0) is 20.3. The number of hydrogen-bond acceptors (Lipinski definition) is 4. The zero-order valence-electron chi connectivity index (χ0n) is 16.1. The van der Waals surface area contributed by atoms with E-state index < -0.39 is 10.0 Å². The fourth-order valence-electron chi connectivity index (χ4n) is 3.57. The Morgan fingerprint density at radius 1 is 1.07 bits per heavy atom. The molecule has 1 aromatic heterocycles. The van der Waals surface area contributed by atoms with Crippen LogP contribution in [0.1, 0.15) is 24.8 Å². The van der Waals surface area contributed by atoms with Gasteiger partial charge in [-0.05, 0) is 36.6 Å². The van der Waals surface area contributed by atoms with E-state index in [1.54, 1.807) is 24.5 Å². The van der Waals surface area contributed by atoms with Crippen LogP contribution < -0.4 is 5.32 Å². The van der Waals surface area contributed by atoms with Crippen molar-refractivity contribution in [3.8, 4) is 0 Å². The molecule has 0 atom stereocenters. The Morgan fingerprint density at radius 2 is 1.83 bits per heavy atom. The molecule has 1 saturated heterocycles. The van der Waals surface area contributed by atoms with Crippen LogP contribution >= 0.6 is 0 Å². The molecule has 0 saturated carbocycles. The number of aryl methyl sites for hydroxylation is 1. The lowest BCUT2D eigenvalue weighted by atomic mass is 10.2. The molecule has 0 bridgehead atoms. The number of benzene rings is 2. The van der Waals surface area contributed by atoms with Gasteiger partial charge < -0.3 is 9.88 Å². The van der Waals surface area contributed by atoms with Gasteiger partial charge in [-0.1, -0.05) is 30.3 Å². The molecule has 0 radical (unpaired) electrons. The highest BCUT2D eigenvalue weighted by atomic mass is 32.2. The van der Waals surface area contributed by atoms with E-state index in [1.807, 2.05) is 34.9 Å². The number of imidazole rings is 1. The third kappa shape index (κ3) is 4.33. The van der Waals surface area contributed by atoms with E-state index in [9.17, 15) is 13.2 Å². The number of sulfonamides is 1. The second-order valence-corrected chi connectivity index (χ2v) is 9.15. The minimum absolute atomic E-state index is 0.0380. The van der Waals surface area contributed by atoms with Crippen molar-refractivity contribution in [3.63, 3.8) is 0 Å². The van der Waals surface area contributed by atoms with Gasteiger partial charge in [0.15, 0.2) is 0 Å². The van der Waals surface area contributed by atoms with E-state index >= 15 is 0 Å². The molecule has 8 heteroatoms. The first-order valence-electron chi connectivity index (χ1n) is 9.80. The number of nitrogens with one attached hydrogen (secondary N) is 1. The van der Waals surface area contributed by atoms with Crippen LogP contribution in [0.15, 0.2) is 59.8 Å². The monoisotopic (exact) mass is 412 g/mol. The van der Waals surface area contributed by atoms with Crippen LogP contribution in [-0.2, 0) is 27.9 Å². The number of carbonyl (C=O) groups is 1. The largest absolute Gasteiger partial charge is 0.352 e. The normalized spacial score (nSPS) is 15.0. The summed E-state index contributed by atoms with van der Waals surface area (Å²) in [5.41, 5.74) is 2.50. The molecule has 0 unspecified atom stereocenters. The Balaban J connectivity index is 1.40. The zero-order valence-corrected chi connectivity index (χ0v) is 16.9. The third-order valence-corrected chi connectivity index (χ3v) is 7.10. The van der Waals surface area contributed by atoms with Gasteiger partial charge in [-0.15, -0.1) is 0 Å². The number of amides is 1. The van der Waals surface area contributed by atoms with Crippen LogP contribution in [0.25, 0.3) is 11.0 Å². The number of nitrogens with zero attached hydrogens (tertiary/aromatic N) is 3. The van der Waals surface area contributed by atoms with E-state index in [0.29, 0.717) is 38.1 Å². The Morgan fingerprint density at radius 3 is 2.59 bits per heavy atom. The molecule has 0 aliphatic carbocycles. The van der Waals surface area contributed by atoms with Gasteiger partial charge in [-0.25, -0.2) is 13.4 Å². The predicted octanol–water partition coefficient (Wildman–Crippen LogP) is 2.53. The summed E-state index contributed by atoms with van der Waals surface area (Å²) in [6, 6.07) is 14.8. The van der Waals surface area contributed by atoms with Crippen LogP contribution in [0, 0.1) is 0 Å². The summed E-state index contributed by atoms with van der Waals surface area (Å²) in [6.07, 6.45) is 3.79. The van der Waals surface area contributed by atoms with Crippen LogP contribution in [0.4, 0.5) is 0 Å². The van der Waals surface area contributed by atoms with E-state index in [4.69, 9.17) is 0 Å². The molecule has 0 spiro atoms. The lowest BCUT2D eigenvalue weighted by Gasteiger charge is -2.15. The average Bonchev–Trinajstić information content (AvgIpc) is 3.41. The number of fused-ring (bicyclic) bond motifs is 1. The van der Waals surface area contributed by atoms with Gasteiger partial charge in [-0.2, -0.15) is 4.31 Å². The van der Waals surface area contributed by atoms with Crippen molar-refractivity contribution < 1.29 is 13.2 Å². The Bertz CT molecular complexity index is 1100. The summed E-state index contributed by atoms with van der Waals surface area (Å²) in [6.45, 7) is 2.14. The van der Waals surface area contributed by atoms with Crippen molar-refractivity contribution in [2.24, 2.45) is 0 Å². The van der Waals surface area contributed by atoms with Crippen LogP contribution in [-0.4, -0.2) is 41.3 Å². The molecular formula is C21H24N4O3S. The molecular weight excluding hydrogens is 388 g/mol. The molecule has 29 heavy (non-hydrogen) atoms. The molecule has 152 valence electrons. The fourth-order valence-corrected chi connectivity index (χ4v) is 5.10. The SMILES string of the molecule is O=C(CCn1cnc2cc(S(=O)(=O)N3CCCC3)ccc21)NCc1ccccc1. The molecule has 1 aliphatic rings. The number of carbonyl (C=O) groups excluding carboxylic acids is 1. The third-order valence-electron chi connectivity index (χ3n) is 5.21. The van der Waals surface area contributed by atoms with Gasteiger partial charge in [0.1, 0.15) is 0 Å². The lowest BCUT2D eigenvalue weighted by molar-refractivity contribution is -0.121. The second kappa shape index (κ2) is 8.34. The van der Waals surface area contributed by atoms with E-state index in [1.165, 1.54) is 4.31 Å². The standard InChI is InChI=1S/C21H24N4O3S/c26-21(22-15-17-6-2-1-3-7-17)10-13-24-16-23-19-14-18(8-9-20(19)24)29(27,28)25-11-4-5-12-25/h1-3,6-9,14,16H,4-5,10-13,15H2,(H,22,26). The smallest absolute Gasteiger partial charge is 0.243 e. The highest BCUT2D eigenvalue weighted by molar-refractivity contribution is 7.89. The quantitative estimate of drug-likeness (QED) is 0.646. The Kier molecular flexibility index (Phi) is 5.64. The van der Waals surface area contributed by atoms with Crippen molar-refractivity contribution in [3.05, 3.63) is 60.4 Å². The van der Waals surface area contributed by atoms with Crippen molar-refractivity contribution >= 4 is 27.0 Å². The highest BCUT2D eigenvalue weighted by Gasteiger charge is 2.27. The van der Waals surface area contributed by atoms with Crippen molar-refractivity contribution in [2.45, 2.75) is 37.2 Å². The number of rotatable bonds is 7. The predicted molar refractivity (Wildman–Crippen MR) is 111 cm³/mol. The topological polar surface area (TPSA) is 84.3 Å². The number of hydrogen-bond donors (Lipinski definition) is 1. The fraction of sp³-hybridized carbons (Fsp3) is 0.333. The first-order chi connectivity index (χ1) is 14.0. The molecule has 1 aliphatic heterocycles. The van der Waals surface area contributed by atoms with E-state index in [0.717, 1.165) is 23.9 Å². The highest BCUT2D eigenvalue weighted by Crippen LogP contribution is 2.24. The van der Waals surface area contributed by atoms with Crippen molar-refractivity contribution in [2.75, 3.05) is 13.1 Å². The van der Waals surface area contributed by atoms with Crippen molar-refractivity contribution in [1.29, 1.82) is 0 Å². The average molecular weight is 413 g/mol. The van der Waals surface area contributed by atoms with E-state index in [2.05, 4.69) is 10.3 Å². The minimum Gasteiger partial charge on any atom is -0.352 e. The van der Waals surface area contributed by atoms with Gasteiger partial charge in [0, 0.05) is 32.6 Å². The lowest BCUT2D eigenvalue weighted by Crippen LogP contribution is -2.27. The summed E-state index contributed by atoms with van der Waals surface area (Å²) in [5.74, 6) is -0.0380. The minimum atomic E-state index is -3.46. The molecule has 2 aromatic carbocycles. The first kappa shape index (κ1) is 19.6. The molecule has 7 nitrogen and oxygen atoms in total. The Hall–Kier alpha value is -2.71. The molecule has 1 amide bonds. The molecule has 4 rings (SSSR count). The molecule has 3 aromatic rings. The molecule has 1 N–H and O–H groups in total. The van der Waals surface area contributed by atoms with E-state index in [-0.39, 0.29) is 10.8 Å². The van der Waals surface area contributed by atoms with Gasteiger partial charge >= 0.3 is 0 Å². The van der Waals surface area contributed by atoms with Crippen LogP contribution in [0.2, 0.25) is 0 Å². The second-order valence-electron chi connectivity index (χ2n) is 7.21. The maximum Gasteiger partial charge on any atom is 0.243 e. The van der Waals surface area contributed by atoms with Crippen LogP contribution in [0.5, 0.6) is 0 Å². The van der Waals surface area contributed by atoms with Gasteiger partial charge in [0.25, 0.3) is 0 Å². The molecule has 2 heterocycles. The maximum atomic E-state index is 12.7. The van der Waals surface area contributed by atoms with Gasteiger partial charge in [0.2, 0.25) is 15.9 Å². The Labute approximate surface area is 170 Å². The summed E-state index contributed by atoms with van der Waals surface area (Å²) in [5, 5.41) is 2.91. The van der Waals surface area contributed by atoms with Gasteiger partial charge in [-0.3, -0.25) is 4.79 Å². The summed E-state index contributed by atoms with van der Waals surface area (Å²) in [4.78, 5) is 16.8. The molecule has 1 fully saturated rings. The van der Waals surface area contributed by atoms with Gasteiger partial charge in [0.05, 0.1) is 22.3 Å².